The van der Waals surface area contributed by atoms with Crippen molar-refractivity contribution in [2.24, 2.45) is 0 Å². The molecule has 4 aromatic rings. The highest BCUT2D eigenvalue weighted by atomic mass is 79.9. The van der Waals surface area contributed by atoms with E-state index >= 15 is 0 Å². The standard InChI is InChI=1S/C25H15BrClF2N3O5S/c26-19-12-15(31-25(34)32-23(33)22-20(28)2-1-3-21(22)29)13-30-24(19)37-16-6-10-18(11-7-16)38(35,36)17-8-4-14(27)5-9-17/h1-13H,(H2,31,32,33,34). The summed E-state index contributed by atoms with van der Waals surface area (Å²) in [7, 11) is -3.75. The highest BCUT2D eigenvalue weighted by molar-refractivity contribution is 9.10. The van der Waals surface area contributed by atoms with Gasteiger partial charge in [-0.15, -0.1) is 0 Å². The van der Waals surface area contributed by atoms with Crippen LogP contribution in [0.2, 0.25) is 5.02 Å². The first-order valence-electron chi connectivity index (χ1n) is 10.5. The molecule has 3 aromatic carbocycles. The molecular formula is C25H15BrClF2N3O5S. The number of hydrogen-bond acceptors (Lipinski definition) is 6. The SMILES string of the molecule is O=C(NC(=O)c1c(F)cccc1F)Nc1cnc(Oc2ccc(S(=O)(=O)c3ccc(Cl)cc3)cc2)c(Br)c1. The molecule has 4 rings (SSSR count). The number of halogens is 4. The number of imide groups is 1. The normalized spacial score (nSPS) is 11.1. The molecule has 0 saturated carbocycles. The number of pyridine rings is 1. The van der Waals surface area contributed by atoms with E-state index in [0.29, 0.717) is 9.50 Å². The van der Waals surface area contributed by atoms with Crippen molar-refractivity contribution < 1.29 is 31.5 Å². The zero-order chi connectivity index (χ0) is 27.4. The Balaban J connectivity index is 1.41. The number of amides is 3. The van der Waals surface area contributed by atoms with Crippen molar-refractivity contribution in [3.63, 3.8) is 0 Å². The van der Waals surface area contributed by atoms with Crippen LogP contribution in [0.5, 0.6) is 11.6 Å². The Hall–Kier alpha value is -3.87. The van der Waals surface area contributed by atoms with Crippen molar-refractivity contribution in [1.82, 2.24) is 10.3 Å². The number of ether oxygens (including phenoxy) is 1. The number of benzene rings is 3. The number of anilines is 1. The molecule has 194 valence electrons. The second kappa shape index (κ2) is 11.3. The summed E-state index contributed by atoms with van der Waals surface area (Å²) in [6.45, 7) is 0. The molecule has 3 amide bonds. The van der Waals surface area contributed by atoms with Crippen LogP contribution in [-0.2, 0) is 9.84 Å². The third kappa shape index (κ3) is 6.15. The minimum absolute atomic E-state index is 0.0505. The Bertz CT molecular complexity index is 1620. The molecule has 8 nitrogen and oxygen atoms in total. The van der Waals surface area contributed by atoms with Crippen LogP contribution >= 0.6 is 27.5 Å². The monoisotopic (exact) mass is 621 g/mol. The van der Waals surface area contributed by atoms with E-state index in [2.05, 4.69) is 26.2 Å². The zero-order valence-electron chi connectivity index (χ0n) is 18.9. The molecule has 0 atom stereocenters. The van der Waals surface area contributed by atoms with E-state index in [-0.39, 0.29) is 27.1 Å². The van der Waals surface area contributed by atoms with Gasteiger partial charge in [0.05, 0.1) is 26.1 Å². The Morgan fingerprint density at radius 1 is 0.921 bits per heavy atom. The molecular weight excluding hydrogens is 608 g/mol. The van der Waals surface area contributed by atoms with E-state index in [1.54, 1.807) is 0 Å². The second-order valence-corrected chi connectivity index (χ2v) is 10.8. The first-order chi connectivity index (χ1) is 18.0. The van der Waals surface area contributed by atoms with Gasteiger partial charge in [0, 0.05) is 5.02 Å². The predicted octanol–water partition coefficient (Wildman–Crippen LogP) is 6.36. The van der Waals surface area contributed by atoms with Crippen LogP contribution in [0.25, 0.3) is 0 Å². The molecule has 0 unspecified atom stereocenters. The summed E-state index contributed by atoms with van der Waals surface area (Å²) in [5.41, 5.74) is -0.759. The van der Waals surface area contributed by atoms with Crippen molar-refractivity contribution in [3.05, 3.63) is 106 Å². The lowest BCUT2D eigenvalue weighted by molar-refractivity contribution is 0.0959. The molecule has 0 fully saturated rings. The first-order valence-corrected chi connectivity index (χ1v) is 13.2. The molecule has 13 heteroatoms. The lowest BCUT2D eigenvalue weighted by Gasteiger charge is -2.11. The Kier molecular flexibility index (Phi) is 8.05. The summed E-state index contributed by atoms with van der Waals surface area (Å²) in [5, 5.41) is 4.57. The maximum atomic E-state index is 13.7. The van der Waals surface area contributed by atoms with E-state index in [4.69, 9.17) is 16.3 Å². The van der Waals surface area contributed by atoms with Crippen LogP contribution in [0.15, 0.2) is 93.3 Å². The number of rotatable bonds is 6. The summed E-state index contributed by atoms with van der Waals surface area (Å²) in [6, 6.07) is 14.7. The Morgan fingerprint density at radius 2 is 1.50 bits per heavy atom. The van der Waals surface area contributed by atoms with Gasteiger partial charge in [-0.1, -0.05) is 17.7 Å². The largest absolute Gasteiger partial charge is 0.438 e. The minimum Gasteiger partial charge on any atom is -0.438 e. The fourth-order valence-corrected chi connectivity index (χ4v) is 4.98. The van der Waals surface area contributed by atoms with Gasteiger partial charge < -0.3 is 10.1 Å². The molecule has 2 N–H and O–H groups in total. The summed E-state index contributed by atoms with van der Waals surface area (Å²) in [5.74, 6) is -3.11. The van der Waals surface area contributed by atoms with Crippen LogP contribution in [0.3, 0.4) is 0 Å². The lowest BCUT2D eigenvalue weighted by Crippen LogP contribution is -2.35. The van der Waals surface area contributed by atoms with Crippen molar-refractivity contribution in [2.75, 3.05) is 5.32 Å². The van der Waals surface area contributed by atoms with Crippen molar-refractivity contribution in [3.8, 4) is 11.6 Å². The fraction of sp³-hybridized carbons (Fsp3) is 0. The number of urea groups is 1. The average molecular weight is 623 g/mol. The quantitative estimate of drug-likeness (QED) is 0.259. The number of aromatic nitrogens is 1. The third-order valence-corrected chi connectivity index (χ3v) is 7.56. The Morgan fingerprint density at radius 3 is 2.08 bits per heavy atom. The molecule has 38 heavy (non-hydrogen) atoms. The van der Waals surface area contributed by atoms with Gasteiger partial charge in [-0.2, -0.15) is 0 Å². The Labute approximate surface area is 228 Å². The number of carbonyl (C=O) groups excluding carboxylic acids is 2. The number of carbonyl (C=O) groups is 2. The molecule has 0 saturated heterocycles. The van der Waals surface area contributed by atoms with Gasteiger partial charge in [0.1, 0.15) is 22.9 Å². The highest BCUT2D eigenvalue weighted by Gasteiger charge is 2.20. The summed E-state index contributed by atoms with van der Waals surface area (Å²) in [4.78, 5) is 28.4. The number of nitrogens with one attached hydrogen (secondary N) is 2. The molecule has 0 radical (unpaired) electrons. The second-order valence-electron chi connectivity index (χ2n) is 7.55. The van der Waals surface area contributed by atoms with Gasteiger partial charge in [-0.05, 0) is 82.7 Å². The number of hydrogen-bond donors (Lipinski definition) is 2. The van der Waals surface area contributed by atoms with Crippen molar-refractivity contribution in [1.29, 1.82) is 0 Å². The van der Waals surface area contributed by atoms with Crippen molar-refractivity contribution in [2.45, 2.75) is 9.79 Å². The van der Waals surface area contributed by atoms with E-state index in [0.717, 1.165) is 18.2 Å². The number of sulfone groups is 1. The lowest BCUT2D eigenvalue weighted by atomic mass is 10.2. The van der Waals surface area contributed by atoms with Crippen LogP contribution < -0.4 is 15.4 Å². The number of nitrogens with zero attached hydrogens (tertiary/aromatic N) is 1. The highest BCUT2D eigenvalue weighted by Crippen LogP contribution is 2.31. The van der Waals surface area contributed by atoms with E-state index in [1.807, 2.05) is 5.32 Å². The van der Waals surface area contributed by atoms with Crippen LogP contribution in [0.1, 0.15) is 10.4 Å². The maximum Gasteiger partial charge on any atom is 0.326 e. The smallest absolute Gasteiger partial charge is 0.326 e. The van der Waals surface area contributed by atoms with E-state index in [9.17, 15) is 26.8 Å². The summed E-state index contributed by atoms with van der Waals surface area (Å²) in [6.07, 6.45) is 1.22. The first kappa shape index (κ1) is 27.2. The van der Waals surface area contributed by atoms with Gasteiger partial charge in [0.25, 0.3) is 5.91 Å². The molecule has 0 aliphatic carbocycles. The average Bonchev–Trinajstić information content (AvgIpc) is 2.86. The van der Waals surface area contributed by atoms with Gasteiger partial charge in [0.2, 0.25) is 15.7 Å². The van der Waals surface area contributed by atoms with E-state index in [1.165, 1.54) is 60.8 Å². The molecule has 0 aliphatic heterocycles. The summed E-state index contributed by atoms with van der Waals surface area (Å²) >= 11 is 9.07. The van der Waals surface area contributed by atoms with Crippen LogP contribution in [-0.4, -0.2) is 25.3 Å². The topological polar surface area (TPSA) is 114 Å². The van der Waals surface area contributed by atoms with Gasteiger partial charge >= 0.3 is 6.03 Å². The van der Waals surface area contributed by atoms with Gasteiger partial charge in [-0.3, -0.25) is 10.1 Å². The molecule has 1 aromatic heterocycles. The molecule has 1 heterocycles. The minimum atomic E-state index is -3.75. The van der Waals surface area contributed by atoms with Gasteiger partial charge in [-0.25, -0.2) is 27.0 Å². The summed E-state index contributed by atoms with van der Waals surface area (Å²) < 4.78 is 59.0. The molecule has 0 aliphatic rings. The van der Waals surface area contributed by atoms with Crippen LogP contribution in [0.4, 0.5) is 19.3 Å². The zero-order valence-corrected chi connectivity index (χ0v) is 22.1. The maximum absolute atomic E-state index is 13.7. The molecule has 0 spiro atoms. The van der Waals surface area contributed by atoms with Crippen LogP contribution in [0, 0.1) is 11.6 Å². The fourth-order valence-electron chi connectivity index (χ4n) is 3.16. The molecule has 0 bridgehead atoms. The van der Waals surface area contributed by atoms with E-state index < -0.39 is 39.0 Å². The third-order valence-electron chi connectivity index (χ3n) is 4.95. The predicted molar refractivity (Wildman–Crippen MR) is 138 cm³/mol. The van der Waals surface area contributed by atoms with Gasteiger partial charge in [0.15, 0.2) is 0 Å². The van der Waals surface area contributed by atoms with Crippen molar-refractivity contribution >= 4 is 55.0 Å².